The lowest BCUT2D eigenvalue weighted by Crippen LogP contribution is -2.27. The third kappa shape index (κ3) is 3.57. The van der Waals surface area contributed by atoms with Crippen molar-refractivity contribution in [1.82, 2.24) is 14.5 Å². The van der Waals surface area contributed by atoms with Crippen LogP contribution < -0.4 is 5.56 Å². The number of thioether (sulfide) groups is 1. The lowest BCUT2D eigenvalue weighted by molar-refractivity contribution is 0.160. The standard InChI is InChI=1S/C20H19N3O3S2/c1-2-8-23-18(24)16-15(14-6-4-3-5-7-14)13-28-17(16)21-19(23)27-12-10-22-9-11-26-20(22)25/h2-7,13H,1,8-12H2. The highest BCUT2D eigenvalue weighted by molar-refractivity contribution is 7.99. The second kappa shape index (κ2) is 8.20. The van der Waals surface area contributed by atoms with E-state index in [1.807, 2.05) is 35.7 Å². The Morgan fingerprint density at radius 2 is 2.11 bits per heavy atom. The quantitative estimate of drug-likeness (QED) is 0.334. The van der Waals surface area contributed by atoms with Crippen molar-refractivity contribution in [2.24, 2.45) is 0 Å². The number of cyclic esters (lactones) is 1. The summed E-state index contributed by atoms with van der Waals surface area (Å²) in [5.74, 6) is 0.640. The summed E-state index contributed by atoms with van der Waals surface area (Å²) in [6.45, 7) is 5.77. The Labute approximate surface area is 170 Å². The van der Waals surface area contributed by atoms with Crippen molar-refractivity contribution in [1.29, 1.82) is 0 Å². The number of rotatable bonds is 7. The Morgan fingerprint density at radius 3 is 2.82 bits per heavy atom. The van der Waals surface area contributed by atoms with E-state index in [9.17, 15) is 9.59 Å². The highest BCUT2D eigenvalue weighted by Gasteiger charge is 2.22. The van der Waals surface area contributed by atoms with Gasteiger partial charge in [-0.05, 0) is 5.56 Å². The number of fused-ring (bicyclic) bond motifs is 1. The minimum absolute atomic E-state index is 0.0620. The molecule has 0 spiro atoms. The van der Waals surface area contributed by atoms with Crippen LogP contribution in [0.3, 0.4) is 0 Å². The Morgan fingerprint density at radius 1 is 1.29 bits per heavy atom. The molecule has 0 atom stereocenters. The van der Waals surface area contributed by atoms with Crippen LogP contribution in [-0.4, -0.2) is 46.0 Å². The van der Waals surface area contributed by atoms with Crippen LogP contribution in [0.2, 0.25) is 0 Å². The summed E-state index contributed by atoms with van der Waals surface area (Å²) in [4.78, 5) is 32.0. The molecule has 0 saturated carbocycles. The first-order chi connectivity index (χ1) is 13.7. The molecule has 0 bridgehead atoms. The summed E-state index contributed by atoms with van der Waals surface area (Å²) >= 11 is 2.95. The Balaban J connectivity index is 1.67. The van der Waals surface area contributed by atoms with Gasteiger partial charge in [-0.15, -0.1) is 17.9 Å². The number of carbonyl (C=O) groups excluding carboxylic acids is 1. The largest absolute Gasteiger partial charge is 0.448 e. The van der Waals surface area contributed by atoms with Crippen LogP contribution in [0.15, 0.2) is 58.3 Å². The lowest BCUT2D eigenvalue weighted by Gasteiger charge is -2.14. The maximum atomic E-state index is 13.2. The molecule has 1 aliphatic heterocycles. The van der Waals surface area contributed by atoms with Gasteiger partial charge < -0.3 is 9.64 Å². The highest BCUT2D eigenvalue weighted by Crippen LogP contribution is 2.32. The van der Waals surface area contributed by atoms with Gasteiger partial charge in [0.15, 0.2) is 5.16 Å². The minimum Gasteiger partial charge on any atom is -0.448 e. The average Bonchev–Trinajstić information content (AvgIpc) is 3.32. The minimum atomic E-state index is -0.279. The molecule has 0 radical (unpaired) electrons. The van der Waals surface area contributed by atoms with E-state index in [0.29, 0.717) is 42.5 Å². The number of carbonyl (C=O) groups is 1. The number of allylic oxidation sites excluding steroid dienone is 1. The van der Waals surface area contributed by atoms with Gasteiger partial charge in [0.05, 0.1) is 11.9 Å². The first-order valence-electron chi connectivity index (χ1n) is 8.92. The number of hydrogen-bond donors (Lipinski definition) is 0. The monoisotopic (exact) mass is 413 g/mol. The van der Waals surface area contributed by atoms with E-state index in [-0.39, 0.29) is 11.7 Å². The van der Waals surface area contributed by atoms with Crippen molar-refractivity contribution >= 4 is 39.4 Å². The number of amides is 1. The van der Waals surface area contributed by atoms with E-state index >= 15 is 0 Å². The van der Waals surface area contributed by atoms with Gasteiger partial charge in [0.1, 0.15) is 11.4 Å². The molecule has 2 aromatic heterocycles. The van der Waals surface area contributed by atoms with Crippen molar-refractivity contribution in [3.8, 4) is 11.1 Å². The predicted octanol–water partition coefficient (Wildman–Crippen LogP) is 3.86. The molecule has 0 N–H and O–H groups in total. The molecule has 0 unspecified atom stereocenters. The Hall–Kier alpha value is -2.58. The van der Waals surface area contributed by atoms with Crippen LogP contribution in [0.5, 0.6) is 0 Å². The van der Waals surface area contributed by atoms with Gasteiger partial charge in [0.2, 0.25) is 0 Å². The fraction of sp³-hybridized carbons (Fsp3) is 0.250. The summed E-state index contributed by atoms with van der Waals surface area (Å²) in [7, 11) is 0. The smallest absolute Gasteiger partial charge is 0.409 e. The van der Waals surface area contributed by atoms with Gasteiger partial charge >= 0.3 is 6.09 Å². The summed E-state index contributed by atoms with van der Waals surface area (Å²) in [6, 6.07) is 9.87. The number of aromatic nitrogens is 2. The van der Waals surface area contributed by atoms with Crippen LogP contribution in [-0.2, 0) is 11.3 Å². The Kier molecular flexibility index (Phi) is 5.50. The van der Waals surface area contributed by atoms with Crippen molar-refractivity contribution in [2.75, 3.05) is 25.4 Å². The summed E-state index contributed by atoms with van der Waals surface area (Å²) < 4.78 is 6.60. The number of thiophene rings is 1. The molecule has 144 valence electrons. The van der Waals surface area contributed by atoms with Gasteiger partial charge in [-0.25, -0.2) is 9.78 Å². The fourth-order valence-corrected chi connectivity index (χ4v) is 5.07. The van der Waals surface area contributed by atoms with E-state index in [4.69, 9.17) is 9.72 Å². The van der Waals surface area contributed by atoms with Gasteiger partial charge in [-0.3, -0.25) is 9.36 Å². The highest BCUT2D eigenvalue weighted by atomic mass is 32.2. The predicted molar refractivity (Wildman–Crippen MR) is 113 cm³/mol. The average molecular weight is 414 g/mol. The zero-order valence-electron chi connectivity index (χ0n) is 15.2. The molecular formula is C20H19N3O3S2. The van der Waals surface area contributed by atoms with Gasteiger partial charge in [0.25, 0.3) is 5.56 Å². The summed E-state index contributed by atoms with van der Waals surface area (Å²) in [5.41, 5.74) is 1.85. The molecule has 1 saturated heterocycles. The molecule has 1 aliphatic rings. The SMILES string of the molecule is C=CCn1c(SCCN2CCOC2=O)nc2scc(-c3ccccc3)c2c1=O. The number of benzene rings is 1. The molecule has 3 heterocycles. The van der Waals surface area contributed by atoms with Gasteiger partial charge in [0, 0.05) is 29.8 Å². The van der Waals surface area contributed by atoms with E-state index in [0.717, 1.165) is 16.0 Å². The number of ether oxygens (including phenoxy) is 1. The van der Waals surface area contributed by atoms with Gasteiger partial charge in [-0.1, -0.05) is 48.2 Å². The second-order valence-corrected chi connectivity index (χ2v) is 8.16. The molecule has 1 aromatic carbocycles. The fourth-order valence-electron chi connectivity index (χ4n) is 3.11. The van der Waals surface area contributed by atoms with Crippen LogP contribution in [0.25, 0.3) is 21.3 Å². The first kappa shape index (κ1) is 18.8. The normalized spacial score (nSPS) is 13.9. The molecule has 8 heteroatoms. The first-order valence-corrected chi connectivity index (χ1v) is 10.8. The molecule has 4 rings (SSSR count). The number of nitrogens with zero attached hydrogens (tertiary/aromatic N) is 3. The van der Waals surface area contributed by atoms with Gasteiger partial charge in [-0.2, -0.15) is 0 Å². The number of hydrogen-bond acceptors (Lipinski definition) is 6. The second-order valence-electron chi connectivity index (χ2n) is 6.24. The Bertz CT molecular complexity index is 1080. The van der Waals surface area contributed by atoms with E-state index in [2.05, 4.69) is 6.58 Å². The third-order valence-electron chi connectivity index (χ3n) is 4.49. The van der Waals surface area contributed by atoms with Crippen LogP contribution >= 0.6 is 23.1 Å². The van der Waals surface area contributed by atoms with Crippen molar-refractivity contribution in [3.63, 3.8) is 0 Å². The van der Waals surface area contributed by atoms with Crippen molar-refractivity contribution in [2.45, 2.75) is 11.7 Å². The van der Waals surface area contributed by atoms with Crippen LogP contribution in [0, 0.1) is 0 Å². The van der Waals surface area contributed by atoms with Crippen LogP contribution in [0.4, 0.5) is 4.79 Å². The lowest BCUT2D eigenvalue weighted by atomic mass is 10.1. The molecule has 0 aliphatic carbocycles. The van der Waals surface area contributed by atoms with Crippen molar-refractivity contribution < 1.29 is 9.53 Å². The summed E-state index contributed by atoms with van der Waals surface area (Å²) in [6.07, 6.45) is 1.42. The molecule has 6 nitrogen and oxygen atoms in total. The molecule has 1 amide bonds. The van der Waals surface area contributed by atoms with Crippen molar-refractivity contribution in [3.05, 3.63) is 58.7 Å². The third-order valence-corrected chi connectivity index (χ3v) is 6.32. The maximum absolute atomic E-state index is 13.2. The molecule has 28 heavy (non-hydrogen) atoms. The summed E-state index contributed by atoms with van der Waals surface area (Å²) in [5, 5.41) is 3.28. The van der Waals surface area contributed by atoms with Crippen LogP contribution in [0.1, 0.15) is 0 Å². The van der Waals surface area contributed by atoms with E-state index in [1.54, 1.807) is 15.5 Å². The maximum Gasteiger partial charge on any atom is 0.409 e. The molecule has 3 aromatic rings. The zero-order chi connectivity index (χ0) is 19.5. The van der Waals surface area contributed by atoms with E-state index in [1.165, 1.54) is 23.1 Å². The molecular weight excluding hydrogens is 394 g/mol. The van der Waals surface area contributed by atoms with E-state index < -0.39 is 0 Å². The molecule has 1 fully saturated rings. The topological polar surface area (TPSA) is 64.4 Å². The zero-order valence-corrected chi connectivity index (χ0v) is 16.8.